The van der Waals surface area contributed by atoms with E-state index in [0.717, 1.165) is 0 Å². The van der Waals surface area contributed by atoms with E-state index in [1.54, 1.807) is 0 Å². The van der Waals surface area contributed by atoms with Crippen molar-refractivity contribution in [2.75, 3.05) is 5.75 Å². The van der Waals surface area contributed by atoms with Gasteiger partial charge < -0.3 is 0 Å². The Labute approximate surface area is 76.8 Å². The molecule has 1 aromatic rings. The fraction of sp³-hybridized carbons (Fsp3) is 0.444. The van der Waals surface area contributed by atoms with Gasteiger partial charge in [-0.15, -0.1) is 11.8 Å². The van der Waals surface area contributed by atoms with E-state index in [9.17, 15) is 0 Å². The number of thioether (sulfide) groups is 1. The normalized spacial score (nSPS) is 29.1. The van der Waals surface area contributed by atoms with Crippen LogP contribution in [0.1, 0.15) is 17.9 Å². The minimum Gasteiger partial charge on any atom is -0.298 e. The summed E-state index contributed by atoms with van der Waals surface area (Å²) < 4.78 is 0. The van der Waals surface area contributed by atoms with Crippen LogP contribution in [0.15, 0.2) is 24.5 Å². The number of pyridine rings is 1. The fourth-order valence-electron chi connectivity index (χ4n) is 1.33. The fourth-order valence-corrected chi connectivity index (χ4v) is 2.58. The summed E-state index contributed by atoms with van der Waals surface area (Å²) in [6.07, 6.45) is 3.70. The third kappa shape index (κ3) is 1.62. The van der Waals surface area contributed by atoms with Crippen molar-refractivity contribution in [1.82, 2.24) is 10.3 Å². The zero-order valence-electron chi connectivity index (χ0n) is 7.03. The van der Waals surface area contributed by atoms with Gasteiger partial charge in [0.1, 0.15) is 0 Å². The first-order valence-electron chi connectivity index (χ1n) is 4.14. The van der Waals surface area contributed by atoms with Gasteiger partial charge in [-0.1, -0.05) is 0 Å². The number of rotatable bonds is 1. The topological polar surface area (TPSA) is 24.9 Å². The average molecular weight is 180 g/mol. The highest BCUT2D eigenvalue weighted by Crippen LogP contribution is 2.31. The van der Waals surface area contributed by atoms with E-state index in [2.05, 4.69) is 29.4 Å². The van der Waals surface area contributed by atoms with Crippen LogP contribution in [0.3, 0.4) is 0 Å². The first-order chi connectivity index (χ1) is 5.86. The molecule has 0 saturated carbocycles. The van der Waals surface area contributed by atoms with Crippen molar-refractivity contribution in [3.63, 3.8) is 0 Å². The molecule has 12 heavy (non-hydrogen) atoms. The lowest BCUT2D eigenvalue weighted by Crippen LogP contribution is -2.21. The van der Waals surface area contributed by atoms with Crippen molar-refractivity contribution >= 4 is 11.8 Å². The summed E-state index contributed by atoms with van der Waals surface area (Å²) in [7, 11) is 0. The van der Waals surface area contributed by atoms with Crippen molar-refractivity contribution in [1.29, 1.82) is 0 Å². The Morgan fingerprint density at radius 1 is 1.50 bits per heavy atom. The first-order valence-corrected chi connectivity index (χ1v) is 5.19. The maximum atomic E-state index is 4.00. The Hall–Kier alpha value is -0.540. The van der Waals surface area contributed by atoms with Gasteiger partial charge in [-0.05, 0) is 24.6 Å². The third-order valence-corrected chi connectivity index (χ3v) is 3.39. The van der Waals surface area contributed by atoms with Gasteiger partial charge in [-0.2, -0.15) is 0 Å². The van der Waals surface area contributed by atoms with Crippen LogP contribution in [0.4, 0.5) is 0 Å². The molecule has 1 aliphatic rings. The minimum absolute atomic E-state index is 0.475. The molecule has 1 aliphatic heterocycles. The zero-order valence-corrected chi connectivity index (χ0v) is 7.84. The molecule has 1 saturated heterocycles. The lowest BCUT2D eigenvalue weighted by atomic mass is 10.2. The number of nitrogens with zero attached hydrogens (tertiary/aromatic N) is 1. The summed E-state index contributed by atoms with van der Waals surface area (Å²) in [5.41, 5.74) is 1.33. The third-order valence-electron chi connectivity index (χ3n) is 1.96. The number of nitrogens with one attached hydrogen (secondary N) is 1. The summed E-state index contributed by atoms with van der Waals surface area (Å²) in [6, 6.07) is 4.78. The molecule has 0 radical (unpaired) electrons. The van der Waals surface area contributed by atoms with Crippen LogP contribution in [0.25, 0.3) is 0 Å². The number of aromatic nitrogens is 1. The Balaban J connectivity index is 2.11. The summed E-state index contributed by atoms with van der Waals surface area (Å²) in [4.78, 5) is 4.00. The SMILES string of the molecule is CC1CSC(c2ccncc2)N1. The van der Waals surface area contributed by atoms with Crippen LogP contribution < -0.4 is 5.32 Å². The van der Waals surface area contributed by atoms with Crippen LogP contribution >= 0.6 is 11.8 Å². The standard InChI is InChI=1S/C9H12N2S/c1-7-6-12-9(11-7)8-2-4-10-5-3-8/h2-5,7,9,11H,6H2,1H3. The Kier molecular flexibility index (Phi) is 2.33. The number of hydrogen-bond acceptors (Lipinski definition) is 3. The lowest BCUT2D eigenvalue weighted by molar-refractivity contribution is 0.618. The molecule has 2 atom stereocenters. The molecule has 64 valence electrons. The van der Waals surface area contributed by atoms with Crippen LogP contribution in [-0.4, -0.2) is 16.8 Å². The molecule has 0 spiro atoms. The quantitative estimate of drug-likeness (QED) is 0.713. The molecule has 1 fully saturated rings. The van der Waals surface area contributed by atoms with E-state index in [1.807, 2.05) is 24.2 Å². The van der Waals surface area contributed by atoms with Gasteiger partial charge in [0.15, 0.2) is 0 Å². The van der Waals surface area contributed by atoms with Crippen LogP contribution in [0.5, 0.6) is 0 Å². The van der Waals surface area contributed by atoms with Crippen molar-refractivity contribution < 1.29 is 0 Å². The zero-order chi connectivity index (χ0) is 8.39. The molecule has 2 unspecified atom stereocenters. The maximum Gasteiger partial charge on any atom is 0.0793 e. The molecule has 2 heterocycles. The van der Waals surface area contributed by atoms with Crippen molar-refractivity contribution in [2.45, 2.75) is 18.3 Å². The highest BCUT2D eigenvalue weighted by atomic mass is 32.2. The monoisotopic (exact) mass is 180 g/mol. The minimum atomic E-state index is 0.475. The molecule has 1 aromatic heterocycles. The predicted molar refractivity (Wildman–Crippen MR) is 52.0 cm³/mol. The Bertz CT molecular complexity index is 250. The van der Waals surface area contributed by atoms with Gasteiger partial charge in [-0.3, -0.25) is 10.3 Å². The van der Waals surface area contributed by atoms with Crippen molar-refractivity contribution in [3.05, 3.63) is 30.1 Å². The molecule has 0 bridgehead atoms. The summed E-state index contributed by atoms with van der Waals surface area (Å²) in [6.45, 7) is 2.22. The lowest BCUT2D eigenvalue weighted by Gasteiger charge is -2.09. The molecule has 1 N–H and O–H groups in total. The largest absolute Gasteiger partial charge is 0.298 e. The first kappa shape index (κ1) is 8.08. The van der Waals surface area contributed by atoms with E-state index in [-0.39, 0.29) is 0 Å². The molecule has 2 nitrogen and oxygen atoms in total. The Morgan fingerprint density at radius 3 is 2.83 bits per heavy atom. The van der Waals surface area contributed by atoms with Crippen LogP contribution in [0.2, 0.25) is 0 Å². The van der Waals surface area contributed by atoms with Crippen LogP contribution in [-0.2, 0) is 0 Å². The van der Waals surface area contributed by atoms with E-state index >= 15 is 0 Å². The summed E-state index contributed by atoms with van der Waals surface area (Å²) >= 11 is 1.96. The Morgan fingerprint density at radius 2 is 2.25 bits per heavy atom. The highest BCUT2D eigenvalue weighted by molar-refractivity contribution is 7.99. The van der Waals surface area contributed by atoms with Crippen molar-refractivity contribution in [3.8, 4) is 0 Å². The molecule has 0 aromatic carbocycles. The average Bonchev–Trinajstić information content (AvgIpc) is 2.54. The number of hydrogen-bond donors (Lipinski definition) is 1. The van der Waals surface area contributed by atoms with E-state index in [0.29, 0.717) is 11.4 Å². The predicted octanol–water partition coefficient (Wildman–Crippen LogP) is 1.81. The molecule has 2 rings (SSSR count). The molecular formula is C9H12N2S. The van der Waals surface area contributed by atoms with E-state index < -0.39 is 0 Å². The van der Waals surface area contributed by atoms with Gasteiger partial charge in [0.25, 0.3) is 0 Å². The summed E-state index contributed by atoms with van der Waals surface area (Å²) in [5.74, 6) is 1.20. The van der Waals surface area contributed by atoms with E-state index in [1.165, 1.54) is 11.3 Å². The second kappa shape index (κ2) is 3.46. The maximum absolute atomic E-state index is 4.00. The van der Waals surface area contributed by atoms with Crippen molar-refractivity contribution in [2.24, 2.45) is 0 Å². The molecule has 0 aliphatic carbocycles. The second-order valence-corrected chi connectivity index (χ2v) is 4.20. The van der Waals surface area contributed by atoms with E-state index in [4.69, 9.17) is 0 Å². The van der Waals surface area contributed by atoms with Gasteiger partial charge >= 0.3 is 0 Å². The highest BCUT2D eigenvalue weighted by Gasteiger charge is 2.21. The molecular weight excluding hydrogens is 168 g/mol. The smallest absolute Gasteiger partial charge is 0.0793 e. The van der Waals surface area contributed by atoms with Gasteiger partial charge in [-0.25, -0.2) is 0 Å². The molecule has 0 amide bonds. The van der Waals surface area contributed by atoms with Gasteiger partial charge in [0.05, 0.1) is 5.37 Å². The van der Waals surface area contributed by atoms with Gasteiger partial charge in [0.2, 0.25) is 0 Å². The molecule has 3 heteroatoms. The van der Waals surface area contributed by atoms with Crippen LogP contribution in [0, 0.1) is 0 Å². The van der Waals surface area contributed by atoms with Gasteiger partial charge in [0, 0.05) is 24.2 Å². The second-order valence-electron chi connectivity index (χ2n) is 3.06. The summed E-state index contributed by atoms with van der Waals surface area (Å²) in [5, 5.41) is 3.98.